The summed E-state index contributed by atoms with van der Waals surface area (Å²) in [6, 6.07) is 14.9. The van der Waals surface area contributed by atoms with E-state index in [9.17, 15) is 4.79 Å². The SMILES string of the molecule is O=C(Nc1ccc(Cl)cc1I)c1nccc2ccccc12. The van der Waals surface area contributed by atoms with Crippen molar-refractivity contribution in [3.05, 3.63) is 69.0 Å². The maximum Gasteiger partial charge on any atom is 0.274 e. The van der Waals surface area contributed by atoms with Gasteiger partial charge in [0.15, 0.2) is 0 Å². The number of pyridine rings is 1. The Labute approximate surface area is 140 Å². The molecule has 5 heteroatoms. The van der Waals surface area contributed by atoms with Gasteiger partial charge in [0.05, 0.1) is 5.69 Å². The number of carbonyl (C=O) groups excluding carboxylic acids is 1. The van der Waals surface area contributed by atoms with Crippen molar-refractivity contribution in [2.75, 3.05) is 5.32 Å². The quantitative estimate of drug-likeness (QED) is 0.622. The third-order valence-electron chi connectivity index (χ3n) is 3.07. The molecule has 21 heavy (non-hydrogen) atoms. The van der Waals surface area contributed by atoms with Crippen molar-refractivity contribution >= 4 is 56.6 Å². The average Bonchev–Trinajstić information content (AvgIpc) is 2.49. The van der Waals surface area contributed by atoms with E-state index in [0.29, 0.717) is 10.7 Å². The molecule has 0 aliphatic rings. The van der Waals surface area contributed by atoms with Crippen molar-refractivity contribution in [1.29, 1.82) is 0 Å². The van der Waals surface area contributed by atoms with Crippen LogP contribution in [-0.2, 0) is 0 Å². The summed E-state index contributed by atoms with van der Waals surface area (Å²) in [7, 11) is 0. The zero-order chi connectivity index (χ0) is 14.8. The van der Waals surface area contributed by atoms with Crippen LogP contribution in [0.15, 0.2) is 54.7 Å². The molecule has 0 spiro atoms. The third kappa shape index (κ3) is 3.01. The molecule has 0 radical (unpaired) electrons. The van der Waals surface area contributed by atoms with E-state index in [1.165, 1.54) is 0 Å². The van der Waals surface area contributed by atoms with Gasteiger partial charge in [-0.1, -0.05) is 35.9 Å². The van der Waals surface area contributed by atoms with E-state index >= 15 is 0 Å². The van der Waals surface area contributed by atoms with Crippen LogP contribution in [-0.4, -0.2) is 10.9 Å². The van der Waals surface area contributed by atoms with Gasteiger partial charge in [-0.3, -0.25) is 9.78 Å². The molecule has 0 fully saturated rings. The Morgan fingerprint density at radius 2 is 1.95 bits per heavy atom. The molecule has 2 aromatic carbocycles. The smallest absolute Gasteiger partial charge is 0.274 e. The topological polar surface area (TPSA) is 42.0 Å². The highest BCUT2D eigenvalue weighted by Crippen LogP contribution is 2.24. The lowest BCUT2D eigenvalue weighted by atomic mass is 10.1. The number of hydrogen-bond donors (Lipinski definition) is 1. The molecular formula is C16H10ClIN2O. The van der Waals surface area contributed by atoms with Gasteiger partial charge < -0.3 is 5.32 Å². The van der Waals surface area contributed by atoms with Gasteiger partial charge >= 0.3 is 0 Å². The highest BCUT2D eigenvalue weighted by molar-refractivity contribution is 14.1. The number of hydrogen-bond acceptors (Lipinski definition) is 2. The Kier molecular flexibility index (Phi) is 4.07. The van der Waals surface area contributed by atoms with Gasteiger partial charge in [0.2, 0.25) is 0 Å². The van der Waals surface area contributed by atoms with Gasteiger partial charge in [-0.15, -0.1) is 0 Å². The lowest BCUT2D eigenvalue weighted by Gasteiger charge is -2.09. The lowest BCUT2D eigenvalue weighted by molar-refractivity contribution is 0.102. The maximum atomic E-state index is 12.5. The van der Waals surface area contributed by atoms with E-state index in [0.717, 1.165) is 20.0 Å². The molecule has 3 nitrogen and oxygen atoms in total. The van der Waals surface area contributed by atoms with Crippen molar-refractivity contribution in [3.63, 3.8) is 0 Å². The summed E-state index contributed by atoms with van der Waals surface area (Å²) in [6.45, 7) is 0. The second kappa shape index (κ2) is 5.99. The zero-order valence-corrected chi connectivity index (χ0v) is 13.7. The van der Waals surface area contributed by atoms with Crippen LogP contribution in [0, 0.1) is 3.57 Å². The number of fused-ring (bicyclic) bond motifs is 1. The van der Waals surface area contributed by atoms with Gasteiger partial charge in [0.25, 0.3) is 5.91 Å². The van der Waals surface area contributed by atoms with Crippen LogP contribution < -0.4 is 5.32 Å². The fourth-order valence-electron chi connectivity index (χ4n) is 2.07. The van der Waals surface area contributed by atoms with Crippen LogP contribution in [0.5, 0.6) is 0 Å². The minimum absolute atomic E-state index is 0.230. The largest absolute Gasteiger partial charge is 0.320 e. The average molecular weight is 409 g/mol. The fourth-order valence-corrected chi connectivity index (χ4v) is 3.08. The number of carbonyl (C=O) groups is 1. The Balaban J connectivity index is 1.97. The number of rotatable bonds is 2. The summed E-state index contributed by atoms with van der Waals surface area (Å²) < 4.78 is 0.883. The van der Waals surface area contributed by atoms with E-state index in [1.54, 1.807) is 24.4 Å². The molecule has 1 N–H and O–H groups in total. The summed E-state index contributed by atoms with van der Waals surface area (Å²) in [5, 5.41) is 5.34. The molecule has 0 saturated carbocycles. The van der Waals surface area contributed by atoms with Gasteiger partial charge in [-0.2, -0.15) is 0 Å². The molecule has 3 rings (SSSR count). The first-order valence-corrected chi connectivity index (χ1v) is 7.71. The second-order valence-electron chi connectivity index (χ2n) is 4.46. The molecule has 3 aromatic rings. The minimum Gasteiger partial charge on any atom is -0.320 e. The Bertz CT molecular complexity index is 830. The number of nitrogens with zero attached hydrogens (tertiary/aromatic N) is 1. The van der Waals surface area contributed by atoms with E-state index in [-0.39, 0.29) is 5.91 Å². The highest BCUT2D eigenvalue weighted by atomic mass is 127. The first-order chi connectivity index (χ1) is 10.1. The molecule has 104 valence electrons. The number of halogens is 2. The lowest BCUT2D eigenvalue weighted by Crippen LogP contribution is -2.14. The van der Waals surface area contributed by atoms with E-state index < -0.39 is 0 Å². The number of anilines is 1. The Morgan fingerprint density at radius 3 is 2.76 bits per heavy atom. The van der Waals surface area contributed by atoms with Gasteiger partial charge in [-0.25, -0.2) is 0 Å². The van der Waals surface area contributed by atoms with Crippen LogP contribution in [0.2, 0.25) is 5.02 Å². The van der Waals surface area contributed by atoms with Crippen molar-refractivity contribution in [1.82, 2.24) is 4.98 Å². The molecule has 0 aliphatic carbocycles. The van der Waals surface area contributed by atoms with Crippen molar-refractivity contribution < 1.29 is 4.79 Å². The van der Waals surface area contributed by atoms with Crippen LogP contribution in [0.4, 0.5) is 5.69 Å². The molecule has 0 bridgehead atoms. The van der Waals surface area contributed by atoms with E-state index in [2.05, 4.69) is 32.9 Å². The Morgan fingerprint density at radius 1 is 1.14 bits per heavy atom. The first kappa shape index (κ1) is 14.3. The van der Waals surface area contributed by atoms with Gasteiger partial charge in [0, 0.05) is 20.2 Å². The normalized spacial score (nSPS) is 10.6. The van der Waals surface area contributed by atoms with Crippen LogP contribution in [0.25, 0.3) is 10.8 Å². The summed E-state index contributed by atoms with van der Waals surface area (Å²) in [6.07, 6.45) is 1.64. The predicted octanol–water partition coefficient (Wildman–Crippen LogP) is 4.75. The summed E-state index contributed by atoms with van der Waals surface area (Å²) >= 11 is 8.06. The summed E-state index contributed by atoms with van der Waals surface area (Å²) in [5.41, 5.74) is 1.14. The van der Waals surface area contributed by atoms with Gasteiger partial charge in [0.1, 0.15) is 5.69 Å². The minimum atomic E-state index is -0.230. The number of aromatic nitrogens is 1. The van der Waals surface area contributed by atoms with Crippen molar-refractivity contribution in [2.24, 2.45) is 0 Å². The van der Waals surface area contributed by atoms with E-state index in [4.69, 9.17) is 11.6 Å². The molecule has 0 aliphatic heterocycles. The zero-order valence-electron chi connectivity index (χ0n) is 10.8. The monoisotopic (exact) mass is 408 g/mol. The maximum absolute atomic E-state index is 12.5. The number of benzene rings is 2. The predicted molar refractivity (Wildman–Crippen MR) is 93.9 cm³/mol. The number of nitrogens with one attached hydrogen (secondary N) is 1. The van der Waals surface area contributed by atoms with Crippen molar-refractivity contribution in [2.45, 2.75) is 0 Å². The molecule has 0 unspecified atom stereocenters. The fraction of sp³-hybridized carbons (Fsp3) is 0. The molecule has 1 amide bonds. The third-order valence-corrected chi connectivity index (χ3v) is 4.20. The molecule has 1 heterocycles. The second-order valence-corrected chi connectivity index (χ2v) is 6.06. The first-order valence-electron chi connectivity index (χ1n) is 6.25. The molecule has 0 saturated heterocycles. The molecule has 1 aromatic heterocycles. The van der Waals surface area contributed by atoms with Gasteiger partial charge in [-0.05, 0) is 52.2 Å². The Hall–Kier alpha value is -1.66. The van der Waals surface area contributed by atoms with Crippen LogP contribution in [0.3, 0.4) is 0 Å². The summed E-state index contributed by atoms with van der Waals surface area (Å²) in [5.74, 6) is -0.230. The van der Waals surface area contributed by atoms with Crippen LogP contribution in [0.1, 0.15) is 10.5 Å². The molecule has 0 atom stereocenters. The van der Waals surface area contributed by atoms with E-state index in [1.807, 2.05) is 30.3 Å². The molecular weight excluding hydrogens is 399 g/mol. The highest BCUT2D eigenvalue weighted by Gasteiger charge is 2.13. The number of amides is 1. The summed E-state index contributed by atoms with van der Waals surface area (Å²) in [4.78, 5) is 16.7. The standard InChI is InChI=1S/C16H10ClIN2O/c17-11-5-6-14(13(18)9-11)20-16(21)15-12-4-2-1-3-10(12)7-8-19-15/h1-9H,(H,20,21). The van der Waals surface area contributed by atoms with Crippen LogP contribution >= 0.6 is 34.2 Å². The van der Waals surface area contributed by atoms with Crippen molar-refractivity contribution in [3.8, 4) is 0 Å².